The number of rotatable bonds is 3. The van der Waals surface area contributed by atoms with E-state index in [1.54, 1.807) is 0 Å². The van der Waals surface area contributed by atoms with Gasteiger partial charge in [-0.05, 0) is 53.0 Å². The molecule has 2 bridgehead atoms. The van der Waals surface area contributed by atoms with Crippen LogP contribution in [0.25, 0.3) is 0 Å². The number of phenols is 1. The van der Waals surface area contributed by atoms with Gasteiger partial charge < -0.3 is 5.11 Å². The van der Waals surface area contributed by atoms with Crippen molar-refractivity contribution in [1.29, 1.82) is 0 Å². The van der Waals surface area contributed by atoms with Crippen molar-refractivity contribution in [3.63, 3.8) is 0 Å². The van der Waals surface area contributed by atoms with Gasteiger partial charge in [-0.2, -0.15) is 0 Å². The van der Waals surface area contributed by atoms with Gasteiger partial charge in [0.25, 0.3) is 0 Å². The van der Waals surface area contributed by atoms with E-state index in [9.17, 15) is 5.11 Å². The Hall–Kier alpha value is -2.06. The summed E-state index contributed by atoms with van der Waals surface area (Å²) in [7, 11) is 0. The van der Waals surface area contributed by atoms with E-state index in [1.807, 2.05) is 18.2 Å². The first-order valence-electron chi connectivity index (χ1n) is 9.26. The summed E-state index contributed by atoms with van der Waals surface area (Å²) >= 11 is 0. The van der Waals surface area contributed by atoms with Gasteiger partial charge in [-0.15, -0.1) is 6.58 Å². The van der Waals surface area contributed by atoms with Gasteiger partial charge in [0.15, 0.2) is 0 Å². The quantitative estimate of drug-likeness (QED) is 0.828. The molecule has 0 aromatic heterocycles. The molecule has 1 aliphatic carbocycles. The fraction of sp³-hybridized carbons (Fsp3) is 0.391. The van der Waals surface area contributed by atoms with Crippen molar-refractivity contribution in [3.8, 4) is 5.75 Å². The first kappa shape index (κ1) is 16.4. The number of piperidine rings is 1. The fourth-order valence-corrected chi connectivity index (χ4v) is 5.43. The van der Waals surface area contributed by atoms with Crippen LogP contribution in [0.1, 0.15) is 37.0 Å². The highest BCUT2D eigenvalue weighted by molar-refractivity contribution is 5.48. The predicted octanol–water partition coefficient (Wildman–Crippen LogP) is 4.63. The molecule has 2 aromatic rings. The van der Waals surface area contributed by atoms with Crippen molar-refractivity contribution in [1.82, 2.24) is 4.90 Å². The second-order valence-corrected chi connectivity index (χ2v) is 7.93. The van der Waals surface area contributed by atoms with Crippen LogP contribution in [-0.2, 0) is 17.4 Å². The molecule has 0 radical (unpaired) electrons. The number of phenolic OH excluding ortho intramolecular Hbond substituents is 1. The summed E-state index contributed by atoms with van der Waals surface area (Å²) in [6, 6.07) is 16.9. The topological polar surface area (TPSA) is 23.5 Å². The summed E-state index contributed by atoms with van der Waals surface area (Å²) in [5.41, 5.74) is 4.15. The lowest BCUT2D eigenvalue weighted by molar-refractivity contribution is -0.0511. The molecular formula is C23H27NO. The third-order valence-corrected chi connectivity index (χ3v) is 6.93. The molecule has 25 heavy (non-hydrogen) atoms. The molecule has 0 spiro atoms. The van der Waals surface area contributed by atoms with Crippen LogP contribution < -0.4 is 0 Å². The highest BCUT2D eigenvalue weighted by Crippen LogP contribution is 2.58. The van der Waals surface area contributed by atoms with Crippen LogP contribution in [0.4, 0.5) is 0 Å². The van der Waals surface area contributed by atoms with Crippen molar-refractivity contribution in [2.75, 3.05) is 13.1 Å². The summed E-state index contributed by atoms with van der Waals surface area (Å²) in [5, 5.41) is 10.1. The molecule has 4 rings (SSSR count). The van der Waals surface area contributed by atoms with Crippen molar-refractivity contribution in [3.05, 3.63) is 77.9 Å². The van der Waals surface area contributed by atoms with Crippen LogP contribution in [0.2, 0.25) is 0 Å². The SMILES string of the molecule is C=CCN1CC[C@@]2(C)c3cc(O)ccc3C[C@]1(c1ccccc1)[C@@H]2C. The third-order valence-electron chi connectivity index (χ3n) is 6.93. The van der Waals surface area contributed by atoms with Crippen molar-refractivity contribution < 1.29 is 5.11 Å². The van der Waals surface area contributed by atoms with Gasteiger partial charge in [0, 0.05) is 13.1 Å². The molecule has 1 heterocycles. The lowest BCUT2D eigenvalue weighted by atomic mass is 9.52. The van der Waals surface area contributed by atoms with Crippen LogP contribution in [0.3, 0.4) is 0 Å². The molecule has 1 aliphatic heterocycles. The minimum atomic E-state index is -0.0214. The van der Waals surface area contributed by atoms with E-state index in [4.69, 9.17) is 0 Å². The van der Waals surface area contributed by atoms with Gasteiger partial charge in [-0.25, -0.2) is 0 Å². The monoisotopic (exact) mass is 333 g/mol. The average Bonchev–Trinajstić information content (AvgIpc) is 2.62. The number of fused-ring (bicyclic) bond motifs is 4. The van der Waals surface area contributed by atoms with Gasteiger partial charge in [-0.3, -0.25) is 4.90 Å². The lowest BCUT2D eigenvalue weighted by Crippen LogP contribution is -2.64. The van der Waals surface area contributed by atoms with Gasteiger partial charge in [0.05, 0.1) is 5.54 Å². The Kier molecular flexibility index (Phi) is 3.77. The van der Waals surface area contributed by atoms with Crippen LogP contribution in [-0.4, -0.2) is 23.1 Å². The third kappa shape index (κ3) is 2.20. The van der Waals surface area contributed by atoms with Gasteiger partial charge >= 0.3 is 0 Å². The number of hydrogen-bond donors (Lipinski definition) is 1. The van der Waals surface area contributed by atoms with E-state index in [2.05, 4.69) is 61.7 Å². The summed E-state index contributed by atoms with van der Waals surface area (Å²) in [4.78, 5) is 2.62. The molecule has 130 valence electrons. The molecule has 3 atom stereocenters. The second-order valence-electron chi connectivity index (χ2n) is 7.93. The predicted molar refractivity (Wildman–Crippen MR) is 103 cm³/mol. The molecule has 1 saturated heterocycles. The van der Waals surface area contributed by atoms with Gasteiger partial charge in [0.1, 0.15) is 5.75 Å². The Morgan fingerprint density at radius 2 is 2.00 bits per heavy atom. The minimum absolute atomic E-state index is 0.0214. The molecule has 2 aliphatic rings. The normalized spacial score (nSPS) is 31.4. The maximum Gasteiger partial charge on any atom is 0.115 e. The molecule has 2 heteroatoms. The van der Waals surface area contributed by atoms with Crippen molar-refractivity contribution in [2.45, 2.75) is 37.6 Å². The Morgan fingerprint density at radius 3 is 2.72 bits per heavy atom. The number of likely N-dealkylation sites (tertiary alicyclic amines) is 1. The van der Waals surface area contributed by atoms with Crippen molar-refractivity contribution >= 4 is 0 Å². The highest BCUT2D eigenvalue weighted by atomic mass is 16.3. The van der Waals surface area contributed by atoms with Crippen LogP contribution in [0.5, 0.6) is 5.75 Å². The van der Waals surface area contributed by atoms with Crippen LogP contribution in [0.15, 0.2) is 61.2 Å². The second kappa shape index (κ2) is 5.74. The van der Waals surface area contributed by atoms with Gasteiger partial charge in [-0.1, -0.05) is 56.3 Å². The van der Waals surface area contributed by atoms with E-state index in [0.29, 0.717) is 11.7 Å². The van der Waals surface area contributed by atoms with Crippen LogP contribution in [0, 0.1) is 5.92 Å². The first-order valence-corrected chi connectivity index (χ1v) is 9.26. The molecular weight excluding hydrogens is 306 g/mol. The first-order chi connectivity index (χ1) is 12.0. The van der Waals surface area contributed by atoms with E-state index in [0.717, 1.165) is 25.9 Å². The smallest absolute Gasteiger partial charge is 0.115 e. The molecule has 1 fully saturated rings. The van der Waals surface area contributed by atoms with Crippen LogP contribution >= 0.6 is 0 Å². The van der Waals surface area contributed by atoms with E-state index in [1.165, 1.54) is 16.7 Å². The summed E-state index contributed by atoms with van der Waals surface area (Å²) in [6.45, 7) is 10.8. The fourth-order valence-electron chi connectivity index (χ4n) is 5.43. The zero-order chi connectivity index (χ0) is 17.7. The Bertz CT molecular complexity index is 799. The number of hydrogen-bond acceptors (Lipinski definition) is 2. The highest BCUT2D eigenvalue weighted by Gasteiger charge is 2.57. The zero-order valence-electron chi connectivity index (χ0n) is 15.2. The van der Waals surface area contributed by atoms with E-state index in [-0.39, 0.29) is 11.0 Å². The van der Waals surface area contributed by atoms with Crippen molar-refractivity contribution in [2.24, 2.45) is 5.92 Å². The number of nitrogens with zero attached hydrogens (tertiary/aromatic N) is 1. The minimum Gasteiger partial charge on any atom is -0.508 e. The summed E-state index contributed by atoms with van der Waals surface area (Å²) in [5.74, 6) is 0.832. The molecule has 2 aromatic carbocycles. The Balaban J connectivity index is 1.97. The maximum absolute atomic E-state index is 10.1. The standard InChI is InChI=1S/C23H27NO/c1-4-13-24-14-12-22(3)17(2)23(24,19-8-6-5-7-9-19)16-18-10-11-20(25)15-21(18)22/h4-11,15,17,25H,1,12-14,16H2,2-3H3/t17-,22-,23-/m1/s1. The molecule has 0 amide bonds. The summed E-state index contributed by atoms with van der Waals surface area (Å²) in [6.07, 6.45) is 4.12. The van der Waals surface area contributed by atoms with E-state index >= 15 is 0 Å². The molecule has 1 N–H and O–H groups in total. The Labute approximate surface area is 150 Å². The number of aromatic hydroxyl groups is 1. The molecule has 0 unspecified atom stereocenters. The maximum atomic E-state index is 10.1. The summed E-state index contributed by atoms with van der Waals surface area (Å²) < 4.78 is 0. The lowest BCUT2D eigenvalue weighted by Gasteiger charge is -2.62. The molecule has 2 nitrogen and oxygen atoms in total. The largest absolute Gasteiger partial charge is 0.508 e. The molecule has 0 saturated carbocycles. The zero-order valence-corrected chi connectivity index (χ0v) is 15.2. The Morgan fingerprint density at radius 1 is 1.24 bits per heavy atom. The van der Waals surface area contributed by atoms with Gasteiger partial charge in [0.2, 0.25) is 0 Å². The van der Waals surface area contributed by atoms with E-state index < -0.39 is 0 Å². The average molecular weight is 333 g/mol. The number of benzene rings is 2.